The largest absolute Gasteiger partial charge is 0.416 e. The van der Waals surface area contributed by atoms with Crippen LogP contribution in [0, 0.1) is 0 Å². The molecule has 0 fully saturated rings. The molecule has 106 valence electrons. The fourth-order valence-corrected chi connectivity index (χ4v) is 1.83. The lowest BCUT2D eigenvalue weighted by Crippen LogP contribution is -2.29. The normalized spacial score (nSPS) is 11.2. The second kappa shape index (κ2) is 6.96. The van der Waals surface area contributed by atoms with Gasteiger partial charge in [-0.3, -0.25) is 0 Å². The fourth-order valence-electron chi connectivity index (χ4n) is 1.38. The Hall–Kier alpha value is -1.01. The van der Waals surface area contributed by atoms with Crippen LogP contribution in [-0.2, 0) is 6.18 Å². The quantitative estimate of drug-likeness (QED) is 0.635. The average molecular weight is 311 g/mol. The highest BCUT2D eigenvalue weighted by Gasteiger charge is 2.31. The van der Waals surface area contributed by atoms with Crippen LogP contribution in [0.15, 0.2) is 18.2 Å². The molecular formula is C12H14ClF3N2S. The van der Waals surface area contributed by atoms with Crippen molar-refractivity contribution in [1.82, 2.24) is 5.32 Å². The number of halogens is 4. The lowest BCUT2D eigenvalue weighted by Gasteiger charge is -2.13. The van der Waals surface area contributed by atoms with Gasteiger partial charge in [0.05, 0.1) is 5.56 Å². The summed E-state index contributed by atoms with van der Waals surface area (Å²) in [7, 11) is 0. The van der Waals surface area contributed by atoms with Gasteiger partial charge in [-0.2, -0.15) is 13.2 Å². The summed E-state index contributed by atoms with van der Waals surface area (Å²) in [5.74, 6) is 0. The molecular weight excluding hydrogens is 297 g/mol. The van der Waals surface area contributed by atoms with Gasteiger partial charge in [0, 0.05) is 17.3 Å². The summed E-state index contributed by atoms with van der Waals surface area (Å²) in [5.41, 5.74) is -0.590. The first kappa shape index (κ1) is 16.0. The number of nitrogens with one attached hydrogen (secondary N) is 2. The number of hydrogen-bond donors (Lipinski definition) is 2. The van der Waals surface area contributed by atoms with Gasteiger partial charge in [-0.25, -0.2) is 0 Å². The van der Waals surface area contributed by atoms with E-state index in [9.17, 15) is 13.2 Å². The molecule has 0 atom stereocenters. The van der Waals surface area contributed by atoms with Crippen molar-refractivity contribution in [3.05, 3.63) is 28.8 Å². The number of benzene rings is 1. The summed E-state index contributed by atoms with van der Waals surface area (Å²) in [6.07, 6.45) is -2.49. The number of hydrogen-bond acceptors (Lipinski definition) is 1. The van der Waals surface area contributed by atoms with E-state index in [-0.39, 0.29) is 15.8 Å². The molecule has 19 heavy (non-hydrogen) atoms. The van der Waals surface area contributed by atoms with E-state index in [0.29, 0.717) is 6.54 Å². The Kier molecular flexibility index (Phi) is 5.87. The molecule has 0 spiro atoms. The van der Waals surface area contributed by atoms with Gasteiger partial charge >= 0.3 is 6.18 Å². The highest BCUT2D eigenvalue weighted by molar-refractivity contribution is 7.80. The molecule has 0 aromatic heterocycles. The zero-order valence-corrected chi connectivity index (χ0v) is 11.8. The van der Waals surface area contributed by atoms with E-state index in [1.807, 2.05) is 6.92 Å². The Labute approximate surface area is 120 Å². The molecule has 2 N–H and O–H groups in total. The topological polar surface area (TPSA) is 24.1 Å². The molecule has 7 heteroatoms. The van der Waals surface area contributed by atoms with Gasteiger partial charge in [-0.15, -0.1) is 0 Å². The van der Waals surface area contributed by atoms with Crippen molar-refractivity contribution in [2.75, 3.05) is 11.9 Å². The zero-order chi connectivity index (χ0) is 14.5. The highest BCUT2D eigenvalue weighted by atomic mass is 35.5. The first-order valence-electron chi connectivity index (χ1n) is 5.75. The maximum Gasteiger partial charge on any atom is 0.416 e. The minimum atomic E-state index is -4.43. The molecule has 1 rings (SSSR count). The molecule has 0 aliphatic carbocycles. The van der Waals surface area contributed by atoms with Crippen LogP contribution in [0.3, 0.4) is 0 Å². The fraction of sp³-hybridized carbons (Fsp3) is 0.417. The lowest BCUT2D eigenvalue weighted by molar-refractivity contribution is -0.137. The van der Waals surface area contributed by atoms with E-state index in [2.05, 4.69) is 10.6 Å². The van der Waals surface area contributed by atoms with Crippen molar-refractivity contribution in [3.63, 3.8) is 0 Å². The van der Waals surface area contributed by atoms with Gasteiger partial charge in [-0.1, -0.05) is 24.9 Å². The summed E-state index contributed by atoms with van der Waals surface area (Å²) in [6, 6.07) is 3.24. The Balaban J connectivity index is 2.73. The van der Waals surface area contributed by atoms with Crippen LogP contribution in [-0.4, -0.2) is 11.7 Å². The van der Waals surface area contributed by atoms with E-state index < -0.39 is 11.7 Å². The third-order valence-corrected chi connectivity index (χ3v) is 2.76. The molecule has 1 aromatic rings. The first-order valence-corrected chi connectivity index (χ1v) is 6.54. The van der Waals surface area contributed by atoms with E-state index in [1.54, 1.807) is 0 Å². The Morgan fingerprint density at radius 1 is 1.32 bits per heavy atom. The maximum atomic E-state index is 12.6. The Morgan fingerprint density at radius 2 is 2.00 bits per heavy atom. The van der Waals surface area contributed by atoms with Gasteiger partial charge < -0.3 is 10.6 Å². The van der Waals surface area contributed by atoms with Crippen LogP contribution in [0.25, 0.3) is 0 Å². The van der Waals surface area contributed by atoms with Crippen molar-refractivity contribution >= 4 is 34.6 Å². The van der Waals surface area contributed by atoms with Gasteiger partial charge in [0.2, 0.25) is 0 Å². The van der Waals surface area contributed by atoms with E-state index in [0.717, 1.165) is 25.0 Å². The second-order valence-electron chi connectivity index (χ2n) is 3.96. The number of anilines is 1. The standard InChI is InChI=1S/C12H14ClF3N2S/c1-2-3-4-17-11(19)18-10-6-8(12(14,15)16)5-9(13)7-10/h5-7H,2-4H2,1H3,(H2,17,18,19). The van der Waals surface area contributed by atoms with Crippen molar-refractivity contribution in [2.24, 2.45) is 0 Å². The average Bonchev–Trinajstić information content (AvgIpc) is 2.27. The monoisotopic (exact) mass is 310 g/mol. The van der Waals surface area contributed by atoms with Crippen LogP contribution in [0.5, 0.6) is 0 Å². The summed E-state index contributed by atoms with van der Waals surface area (Å²) < 4.78 is 37.8. The second-order valence-corrected chi connectivity index (χ2v) is 4.81. The van der Waals surface area contributed by atoms with E-state index in [4.69, 9.17) is 23.8 Å². The number of thiocarbonyl (C=S) groups is 1. The lowest BCUT2D eigenvalue weighted by atomic mass is 10.2. The van der Waals surface area contributed by atoms with Gasteiger partial charge in [0.1, 0.15) is 0 Å². The Morgan fingerprint density at radius 3 is 2.58 bits per heavy atom. The third-order valence-electron chi connectivity index (χ3n) is 2.30. The van der Waals surface area contributed by atoms with Crippen molar-refractivity contribution < 1.29 is 13.2 Å². The zero-order valence-electron chi connectivity index (χ0n) is 10.3. The summed E-state index contributed by atoms with van der Waals surface area (Å²) in [6.45, 7) is 2.71. The molecule has 0 saturated heterocycles. The third kappa shape index (κ3) is 5.65. The minimum absolute atomic E-state index is 0.00804. The van der Waals surface area contributed by atoms with E-state index >= 15 is 0 Å². The highest BCUT2D eigenvalue weighted by Crippen LogP contribution is 2.33. The predicted molar refractivity (Wildman–Crippen MR) is 75.6 cm³/mol. The summed E-state index contributed by atoms with van der Waals surface area (Å²) >= 11 is 10.6. The molecule has 0 saturated carbocycles. The van der Waals surface area contributed by atoms with Gasteiger partial charge in [-0.05, 0) is 36.8 Å². The van der Waals surface area contributed by atoms with Crippen LogP contribution in [0.4, 0.5) is 18.9 Å². The molecule has 0 bridgehead atoms. The van der Waals surface area contributed by atoms with Crippen molar-refractivity contribution in [1.29, 1.82) is 0 Å². The van der Waals surface area contributed by atoms with Crippen molar-refractivity contribution in [2.45, 2.75) is 25.9 Å². The predicted octanol–water partition coefficient (Wildman–Crippen LogP) is 4.45. The van der Waals surface area contributed by atoms with Gasteiger partial charge in [0.15, 0.2) is 5.11 Å². The SMILES string of the molecule is CCCCNC(=S)Nc1cc(Cl)cc(C(F)(F)F)c1. The molecule has 1 aromatic carbocycles. The molecule has 0 aliphatic rings. The van der Waals surface area contributed by atoms with Crippen molar-refractivity contribution in [3.8, 4) is 0 Å². The summed E-state index contributed by atoms with van der Waals surface area (Å²) in [5, 5.41) is 5.89. The first-order chi connectivity index (χ1) is 8.82. The van der Waals surface area contributed by atoms with E-state index in [1.165, 1.54) is 6.07 Å². The van der Waals surface area contributed by atoms with Crippen LogP contribution >= 0.6 is 23.8 Å². The molecule has 0 unspecified atom stereocenters. The number of unbranched alkanes of at least 4 members (excludes halogenated alkanes) is 1. The van der Waals surface area contributed by atoms with Crippen LogP contribution in [0.2, 0.25) is 5.02 Å². The molecule has 0 heterocycles. The van der Waals surface area contributed by atoms with Crippen LogP contribution < -0.4 is 10.6 Å². The summed E-state index contributed by atoms with van der Waals surface area (Å²) in [4.78, 5) is 0. The Bertz CT molecular complexity index is 449. The minimum Gasteiger partial charge on any atom is -0.362 e. The maximum absolute atomic E-state index is 12.6. The number of rotatable bonds is 4. The number of alkyl halides is 3. The molecule has 0 amide bonds. The smallest absolute Gasteiger partial charge is 0.362 e. The molecule has 2 nitrogen and oxygen atoms in total. The van der Waals surface area contributed by atoms with Gasteiger partial charge in [0.25, 0.3) is 0 Å². The molecule has 0 radical (unpaired) electrons. The van der Waals surface area contributed by atoms with Crippen LogP contribution in [0.1, 0.15) is 25.3 Å². The molecule has 0 aliphatic heterocycles.